The Morgan fingerprint density at radius 2 is 1.88 bits per heavy atom. The average molecular weight is 291 g/mol. The van der Waals surface area contributed by atoms with Gasteiger partial charge in [-0.2, -0.15) is 4.57 Å². The van der Waals surface area contributed by atoms with Crippen LogP contribution in [0, 0.1) is 6.92 Å². The summed E-state index contributed by atoms with van der Waals surface area (Å²) in [5.74, 6) is 0.122. The summed E-state index contributed by atoms with van der Waals surface area (Å²) in [6.07, 6.45) is 1.92. The molecule has 1 aromatic carbocycles. The molecule has 0 unspecified atom stereocenters. The molecule has 2 aromatic rings. The molecular weight excluding hydrogens is 278 g/mol. The molecule has 0 atom stereocenters. The number of carbonyl (C=O) groups excluding carboxylic acids is 1. The lowest BCUT2D eigenvalue weighted by atomic mass is 10.1. The van der Waals surface area contributed by atoms with Gasteiger partial charge in [0, 0.05) is 29.1 Å². The summed E-state index contributed by atoms with van der Waals surface area (Å²) in [5, 5.41) is 0. The van der Waals surface area contributed by atoms with Gasteiger partial charge in [0.2, 0.25) is 12.3 Å². The number of aryl methyl sites for hydroxylation is 1. The Morgan fingerprint density at radius 1 is 1.18 bits per heavy atom. The number of ketones is 1. The highest BCUT2D eigenvalue weighted by atomic mass is 79.9. The molecule has 0 N–H and O–H groups in total. The first-order chi connectivity index (χ1) is 8.16. The van der Waals surface area contributed by atoms with E-state index in [1.54, 1.807) is 0 Å². The van der Waals surface area contributed by atoms with Crippen LogP contribution in [0.2, 0.25) is 0 Å². The van der Waals surface area contributed by atoms with Gasteiger partial charge in [-0.3, -0.25) is 4.79 Å². The first kappa shape index (κ1) is 12.0. The van der Waals surface area contributed by atoms with Crippen LogP contribution >= 0.6 is 15.9 Å². The number of carbonyl (C=O) groups is 1. The van der Waals surface area contributed by atoms with Crippen LogP contribution in [-0.2, 0) is 6.54 Å². The summed E-state index contributed by atoms with van der Waals surface area (Å²) in [7, 11) is 0. The second-order valence-corrected chi connectivity index (χ2v) is 4.82. The van der Waals surface area contributed by atoms with Crippen molar-refractivity contribution >= 4 is 21.7 Å². The molecule has 2 rings (SSSR count). The number of halogens is 1. The molecule has 0 amide bonds. The van der Waals surface area contributed by atoms with Crippen molar-refractivity contribution in [2.24, 2.45) is 0 Å². The van der Waals surface area contributed by atoms with Gasteiger partial charge in [0.15, 0.2) is 11.9 Å². The van der Waals surface area contributed by atoms with Crippen LogP contribution < -0.4 is 4.57 Å². The van der Waals surface area contributed by atoms with Crippen LogP contribution in [0.3, 0.4) is 0 Å². The molecule has 0 aliphatic rings. The zero-order valence-electron chi connectivity index (χ0n) is 9.56. The summed E-state index contributed by atoms with van der Waals surface area (Å²) in [5.41, 5.74) is 1.82. The van der Waals surface area contributed by atoms with Crippen LogP contribution in [0.5, 0.6) is 0 Å². The average Bonchev–Trinajstić information content (AvgIpc) is 2.33. The van der Waals surface area contributed by atoms with E-state index in [-0.39, 0.29) is 5.78 Å². The third-order valence-electron chi connectivity index (χ3n) is 2.65. The highest BCUT2D eigenvalue weighted by Gasteiger charge is 2.13. The SMILES string of the molecule is Cc1cccc[n+]1CC(=O)c1ccc(Br)cc1. The van der Waals surface area contributed by atoms with E-state index >= 15 is 0 Å². The number of pyridine rings is 1. The third-order valence-corrected chi connectivity index (χ3v) is 3.18. The Kier molecular flexibility index (Phi) is 3.69. The smallest absolute Gasteiger partial charge is 0.227 e. The van der Waals surface area contributed by atoms with Crippen molar-refractivity contribution in [2.75, 3.05) is 0 Å². The van der Waals surface area contributed by atoms with Gasteiger partial charge in [-0.05, 0) is 12.1 Å². The zero-order chi connectivity index (χ0) is 12.3. The van der Waals surface area contributed by atoms with Crippen molar-refractivity contribution in [3.05, 3.63) is 64.4 Å². The molecule has 1 aromatic heterocycles. The van der Waals surface area contributed by atoms with Gasteiger partial charge in [0.25, 0.3) is 0 Å². The fourth-order valence-corrected chi connectivity index (χ4v) is 1.89. The Bertz CT molecular complexity index is 534. The number of Topliss-reactive ketones (excluding diaryl/α,β-unsaturated/α-hetero) is 1. The summed E-state index contributed by atoms with van der Waals surface area (Å²) in [6, 6.07) is 13.3. The maximum atomic E-state index is 12.0. The highest BCUT2D eigenvalue weighted by molar-refractivity contribution is 9.10. The second-order valence-electron chi connectivity index (χ2n) is 3.90. The van der Waals surface area contributed by atoms with Crippen molar-refractivity contribution in [3.8, 4) is 0 Å². The quantitative estimate of drug-likeness (QED) is 0.629. The van der Waals surface area contributed by atoms with Gasteiger partial charge in [0.1, 0.15) is 0 Å². The molecule has 86 valence electrons. The van der Waals surface area contributed by atoms with Crippen LogP contribution in [-0.4, -0.2) is 5.78 Å². The van der Waals surface area contributed by atoms with Crippen LogP contribution in [0.25, 0.3) is 0 Å². The molecule has 0 fully saturated rings. The highest BCUT2D eigenvalue weighted by Crippen LogP contribution is 2.10. The van der Waals surface area contributed by atoms with Crippen molar-refractivity contribution in [3.63, 3.8) is 0 Å². The zero-order valence-corrected chi connectivity index (χ0v) is 11.1. The molecular formula is C14H13BrNO+. The Hall–Kier alpha value is -1.48. The lowest BCUT2D eigenvalue weighted by molar-refractivity contribution is -0.689. The predicted octanol–water partition coefficient (Wildman–Crippen LogP) is 2.93. The molecule has 1 heterocycles. The molecule has 0 aliphatic carbocycles. The summed E-state index contributed by atoms with van der Waals surface area (Å²) < 4.78 is 2.93. The molecule has 17 heavy (non-hydrogen) atoms. The van der Waals surface area contributed by atoms with E-state index in [1.165, 1.54) is 0 Å². The van der Waals surface area contributed by atoms with Gasteiger partial charge >= 0.3 is 0 Å². The van der Waals surface area contributed by atoms with Crippen LogP contribution in [0.15, 0.2) is 53.1 Å². The monoisotopic (exact) mass is 290 g/mol. The van der Waals surface area contributed by atoms with E-state index in [4.69, 9.17) is 0 Å². The number of hydrogen-bond acceptors (Lipinski definition) is 1. The van der Waals surface area contributed by atoms with E-state index in [0.717, 1.165) is 15.7 Å². The number of nitrogens with zero attached hydrogens (tertiary/aromatic N) is 1. The standard InChI is InChI=1S/C14H13BrNO/c1-11-4-2-3-9-16(11)10-14(17)12-5-7-13(15)8-6-12/h2-9H,10H2,1H3/q+1. The van der Waals surface area contributed by atoms with Crippen molar-refractivity contribution in [1.29, 1.82) is 0 Å². The van der Waals surface area contributed by atoms with Gasteiger partial charge in [0.05, 0.1) is 0 Å². The second kappa shape index (κ2) is 5.23. The van der Waals surface area contributed by atoms with Crippen LogP contribution in [0.4, 0.5) is 0 Å². The van der Waals surface area contributed by atoms with Gasteiger partial charge in [-0.15, -0.1) is 0 Å². The number of aromatic nitrogens is 1. The first-order valence-corrected chi connectivity index (χ1v) is 6.20. The Morgan fingerprint density at radius 3 is 2.53 bits per heavy atom. The third kappa shape index (κ3) is 3.01. The minimum absolute atomic E-state index is 0.122. The van der Waals surface area contributed by atoms with E-state index in [9.17, 15) is 4.79 Å². The van der Waals surface area contributed by atoms with E-state index in [2.05, 4.69) is 15.9 Å². The topological polar surface area (TPSA) is 20.9 Å². The van der Waals surface area contributed by atoms with E-state index < -0.39 is 0 Å². The van der Waals surface area contributed by atoms with Crippen molar-refractivity contribution < 1.29 is 9.36 Å². The molecule has 0 aliphatic heterocycles. The maximum Gasteiger partial charge on any atom is 0.227 e. The lowest BCUT2D eigenvalue weighted by Gasteiger charge is -2.00. The van der Waals surface area contributed by atoms with Crippen molar-refractivity contribution in [1.82, 2.24) is 0 Å². The minimum Gasteiger partial charge on any atom is -0.287 e. The Balaban J connectivity index is 2.17. The summed E-state index contributed by atoms with van der Waals surface area (Å²) >= 11 is 3.36. The molecule has 0 radical (unpaired) electrons. The fraction of sp³-hybridized carbons (Fsp3) is 0.143. The maximum absolute atomic E-state index is 12.0. The summed E-state index contributed by atoms with van der Waals surface area (Å²) in [4.78, 5) is 12.0. The lowest BCUT2D eigenvalue weighted by Crippen LogP contribution is -2.40. The number of rotatable bonds is 3. The molecule has 0 saturated heterocycles. The molecule has 0 spiro atoms. The molecule has 3 heteroatoms. The van der Waals surface area contributed by atoms with Crippen LogP contribution in [0.1, 0.15) is 16.1 Å². The first-order valence-electron chi connectivity index (χ1n) is 5.40. The molecule has 0 bridgehead atoms. The van der Waals surface area contributed by atoms with Gasteiger partial charge < -0.3 is 0 Å². The largest absolute Gasteiger partial charge is 0.287 e. The number of hydrogen-bond donors (Lipinski definition) is 0. The number of benzene rings is 1. The van der Waals surface area contributed by atoms with E-state index in [0.29, 0.717) is 6.54 Å². The molecule has 2 nitrogen and oxygen atoms in total. The minimum atomic E-state index is 0.122. The molecule has 0 saturated carbocycles. The normalized spacial score (nSPS) is 10.2. The van der Waals surface area contributed by atoms with Gasteiger partial charge in [-0.25, -0.2) is 0 Å². The van der Waals surface area contributed by atoms with E-state index in [1.807, 2.05) is 60.2 Å². The van der Waals surface area contributed by atoms with Crippen molar-refractivity contribution in [2.45, 2.75) is 13.5 Å². The fourth-order valence-electron chi connectivity index (χ4n) is 1.62. The van der Waals surface area contributed by atoms with Gasteiger partial charge in [-0.1, -0.05) is 34.1 Å². The Labute approximate surface area is 109 Å². The predicted molar refractivity (Wildman–Crippen MR) is 69.8 cm³/mol. The summed E-state index contributed by atoms with van der Waals surface area (Å²) in [6.45, 7) is 2.38.